The first-order valence-corrected chi connectivity index (χ1v) is 10.1. The zero-order valence-corrected chi connectivity index (χ0v) is 15.1. The Balaban J connectivity index is 1.64. The lowest BCUT2D eigenvalue weighted by atomic mass is 9.78. The summed E-state index contributed by atoms with van der Waals surface area (Å²) in [6, 6.07) is 10.1. The second-order valence-electron chi connectivity index (χ2n) is 7.41. The molecule has 25 heavy (non-hydrogen) atoms. The standard InChI is InChI=1S/C20H24N2O2S/c21-17(23)16-14-9-6-10-15(14)25-18(16)22-19(24)20(11-4-5-12-20)13-7-2-1-3-8-13/h1-3,7-8,14-15H,4-6,9-12H2,(H2,21,23)(H,22,24). The van der Waals surface area contributed by atoms with Crippen molar-refractivity contribution in [3.05, 3.63) is 46.5 Å². The number of hydrogen-bond acceptors (Lipinski definition) is 3. The van der Waals surface area contributed by atoms with Crippen LogP contribution in [0, 0.1) is 5.92 Å². The normalized spacial score (nSPS) is 27.4. The first-order chi connectivity index (χ1) is 12.1. The molecule has 2 atom stereocenters. The minimum Gasteiger partial charge on any atom is -0.366 e. The molecule has 1 aromatic rings. The molecule has 4 nitrogen and oxygen atoms in total. The Hall–Kier alpha value is -1.75. The lowest BCUT2D eigenvalue weighted by molar-refractivity contribution is -0.125. The van der Waals surface area contributed by atoms with E-state index in [0.29, 0.717) is 10.8 Å². The summed E-state index contributed by atoms with van der Waals surface area (Å²) in [6.45, 7) is 0. The Morgan fingerprint density at radius 1 is 1.08 bits per heavy atom. The highest BCUT2D eigenvalue weighted by atomic mass is 32.2. The molecule has 2 fully saturated rings. The maximum atomic E-state index is 13.3. The van der Waals surface area contributed by atoms with Gasteiger partial charge in [0.05, 0.1) is 16.0 Å². The third-order valence-corrected chi connectivity index (χ3v) is 7.47. The summed E-state index contributed by atoms with van der Waals surface area (Å²) < 4.78 is 0. The van der Waals surface area contributed by atoms with Gasteiger partial charge in [-0.25, -0.2) is 0 Å². The molecule has 0 radical (unpaired) electrons. The fourth-order valence-corrected chi connectivity index (χ4v) is 6.33. The van der Waals surface area contributed by atoms with Crippen LogP contribution < -0.4 is 11.1 Å². The lowest BCUT2D eigenvalue weighted by Crippen LogP contribution is -2.42. The summed E-state index contributed by atoms with van der Waals surface area (Å²) >= 11 is 1.65. The van der Waals surface area contributed by atoms with Gasteiger partial charge in [-0.15, -0.1) is 11.8 Å². The molecule has 0 spiro atoms. The number of nitrogens with one attached hydrogen (secondary N) is 1. The lowest BCUT2D eigenvalue weighted by Gasteiger charge is -2.28. The van der Waals surface area contributed by atoms with Gasteiger partial charge in [-0.1, -0.05) is 49.6 Å². The van der Waals surface area contributed by atoms with Gasteiger partial charge in [-0.05, 0) is 31.2 Å². The van der Waals surface area contributed by atoms with Gasteiger partial charge in [-0.2, -0.15) is 0 Å². The van der Waals surface area contributed by atoms with Crippen molar-refractivity contribution < 1.29 is 9.59 Å². The van der Waals surface area contributed by atoms with Gasteiger partial charge in [0.25, 0.3) is 0 Å². The number of amides is 2. The number of hydrogen-bond donors (Lipinski definition) is 2. The molecule has 1 aromatic carbocycles. The van der Waals surface area contributed by atoms with Crippen molar-refractivity contribution in [2.75, 3.05) is 0 Å². The minimum atomic E-state index is -0.477. The van der Waals surface area contributed by atoms with E-state index in [1.54, 1.807) is 11.8 Å². The average Bonchev–Trinajstić information content (AvgIpc) is 3.31. The number of carbonyl (C=O) groups is 2. The smallest absolute Gasteiger partial charge is 0.247 e. The fourth-order valence-electron chi connectivity index (χ4n) is 4.78. The highest BCUT2D eigenvalue weighted by Gasteiger charge is 2.46. The molecule has 2 amide bonds. The molecular formula is C20H24N2O2S. The molecule has 2 unspecified atom stereocenters. The van der Waals surface area contributed by atoms with Crippen LogP contribution in [0.2, 0.25) is 0 Å². The van der Waals surface area contributed by atoms with Gasteiger partial charge in [0.15, 0.2) is 0 Å². The van der Waals surface area contributed by atoms with Gasteiger partial charge >= 0.3 is 0 Å². The number of carbonyl (C=O) groups excluding carboxylic acids is 2. The highest BCUT2D eigenvalue weighted by Crippen LogP contribution is 2.50. The molecule has 2 aliphatic carbocycles. The fraction of sp³-hybridized carbons (Fsp3) is 0.500. The Bertz CT molecular complexity index is 722. The van der Waals surface area contributed by atoms with E-state index in [0.717, 1.165) is 55.5 Å². The Morgan fingerprint density at radius 2 is 1.80 bits per heavy atom. The first-order valence-electron chi connectivity index (χ1n) is 9.19. The van der Waals surface area contributed by atoms with E-state index in [-0.39, 0.29) is 17.7 Å². The molecule has 3 N–H and O–H groups in total. The number of rotatable bonds is 4. The van der Waals surface area contributed by atoms with Crippen LogP contribution in [0.25, 0.3) is 0 Å². The van der Waals surface area contributed by atoms with Crippen LogP contribution in [0.3, 0.4) is 0 Å². The average molecular weight is 356 g/mol. The summed E-state index contributed by atoms with van der Waals surface area (Å²) in [5.74, 6) is -0.135. The van der Waals surface area contributed by atoms with Crippen molar-refractivity contribution >= 4 is 23.6 Å². The zero-order chi connectivity index (χ0) is 17.4. The summed E-state index contributed by atoms with van der Waals surface area (Å²) in [6.07, 6.45) is 7.06. The summed E-state index contributed by atoms with van der Waals surface area (Å²) in [5, 5.41) is 4.24. The molecule has 1 heterocycles. The van der Waals surface area contributed by atoms with Gasteiger partial charge in [0.1, 0.15) is 0 Å². The molecule has 5 heteroatoms. The van der Waals surface area contributed by atoms with E-state index in [1.165, 1.54) is 0 Å². The molecule has 1 aliphatic heterocycles. The van der Waals surface area contributed by atoms with Crippen LogP contribution in [-0.2, 0) is 15.0 Å². The highest BCUT2D eigenvalue weighted by molar-refractivity contribution is 8.04. The molecule has 132 valence electrons. The molecule has 0 saturated heterocycles. The van der Waals surface area contributed by atoms with Gasteiger partial charge in [0, 0.05) is 11.2 Å². The van der Waals surface area contributed by atoms with Crippen LogP contribution in [0.5, 0.6) is 0 Å². The van der Waals surface area contributed by atoms with E-state index < -0.39 is 5.41 Å². The van der Waals surface area contributed by atoms with E-state index in [4.69, 9.17) is 5.73 Å². The minimum absolute atomic E-state index is 0.0254. The van der Waals surface area contributed by atoms with Gasteiger partial charge < -0.3 is 11.1 Å². The molecule has 2 saturated carbocycles. The predicted octanol–water partition coefficient (Wildman–Crippen LogP) is 3.23. The summed E-state index contributed by atoms with van der Waals surface area (Å²) in [7, 11) is 0. The number of primary amides is 1. The van der Waals surface area contributed by atoms with E-state index in [2.05, 4.69) is 5.32 Å². The maximum Gasteiger partial charge on any atom is 0.247 e. The quantitative estimate of drug-likeness (QED) is 0.870. The van der Waals surface area contributed by atoms with Crippen molar-refractivity contribution in [1.82, 2.24) is 5.32 Å². The number of nitrogens with two attached hydrogens (primary N) is 1. The second kappa shape index (κ2) is 6.52. The SMILES string of the molecule is NC(=O)C1=C(NC(=O)C2(c3ccccc3)CCCC2)SC2CCCC12. The summed E-state index contributed by atoms with van der Waals surface area (Å²) in [5.41, 5.74) is 6.91. The van der Waals surface area contributed by atoms with E-state index >= 15 is 0 Å². The van der Waals surface area contributed by atoms with Crippen LogP contribution >= 0.6 is 11.8 Å². The predicted molar refractivity (Wildman–Crippen MR) is 99.7 cm³/mol. The van der Waals surface area contributed by atoms with E-state index in [1.807, 2.05) is 30.3 Å². The van der Waals surface area contributed by atoms with Gasteiger partial charge in [0.2, 0.25) is 11.8 Å². The Kier molecular flexibility index (Phi) is 4.36. The second-order valence-corrected chi connectivity index (χ2v) is 8.66. The Morgan fingerprint density at radius 3 is 2.48 bits per heavy atom. The number of fused-ring (bicyclic) bond motifs is 1. The number of benzene rings is 1. The largest absolute Gasteiger partial charge is 0.366 e. The molecular weight excluding hydrogens is 332 g/mol. The maximum absolute atomic E-state index is 13.3. The van der Waals surface area contributed by atoms with Gasteiger partial charge in [-0.3, -0.25) is 9.59 Å². The van der Waals surface area contributed by atoms with Crippen LogP contribution in [0.4, 0.5) is 0 Å². The van der Waals surface area contributed by atoms with Crippen molar-refractivity contribution in [2.45, 2.75) is 55.6 Å². The van der Waals surface area contributed by atoms with Crippen molar-refractivity contribution in [1.29, 1.82) is 0 Å². The van der Waals surface area contributed by atoms with Crippen LogP contribution in [-0.4, -0.2) is 17.1 Å². The Labute approximate surface area is 152 Å². The monoisotopic (exact) mass is 356 g/mol. The molecule has 3 aliphatic rings. The van der Waals surface area contributed by atoms with E-state index in [9.17, 15) is 9.59 Å². The van der Waals surface area contributed by atoms with Crippen molar-refractivity contribution in [3.63, 3.8) is 0 Å². The van der Waals surface area contributed by atoms with Crippen LogP contribution in [0.15, 0.2) is 40.9 Å². The first kappa shape index (κ1) is 16.7. The van der Waals surface area contributed by atoms with Crippen molar-refractivity contribution in [2.24, 2.45) is 11.7 Å². The number of thioether (sulfide) groups is 1. The third kappa shape index (κ3) is 2.78. The molecule has 4 rings (SSSR count). The molecule has 0 bridgehead atoms. The molecule has 0 aromatic heterocycles. The summed E-state index contributed by atoms with van der Waals surface area (Å²) in [4.78, 5) is 25.3. The van der Waals surface area contributed by atoms with Crippen LogP contribution in [0.1, 0.15) is 50.5 Å². The third-order valence-electron chi connectivity index (χ3n) is 6.05. The topological polar surface area (TPSA) is 72.2 Å². The van der Waals surface area contributed by atoms with Crippen molar-refractivity contribution in [3.8, 4) is 0 Å². The zero-order valence-electron chi connectivity index (χ0n) is 14.3.